The van der Waals surface area contributed by atoms with Crippen LogP contribution in [0.15, 0.2) is 18.2 Å². The molecule has 1 atom stereocenters. The Balaban J connectivity index is 1.75. The van der Waals surface area contributed by atoms with Crippen LogP contribution in [0, 0.1) is 5.92 Å². The van der Waals surface area contributed by atoms with E-state index in [2.05, 4.69) is 5.32 Å². The molecule has 2 fully saturated rings. The molecule has 3 amide bonds. The Labute approximate surface area is 158 Å². The summed E-state index contributed by atoms with van der Waals surface area (Å²) in [5.74, 6) is -0.778. The maximum absolute atomic E-state index is 12.6. The van der Waals surface area contributed by atoms with Crippen LogP contribution in [0.4, 0.5) is 16.2 Å². The fraction of sp³-hybridized carbons (Fsp3) is 0.526. The minimum absolute atomic E-state index is 0.0448. The van der Waals surface area contributed by atoms with Crippen molar-refractivity contribution in [3.63, 3.8) is 0 Å². The number of urea groups is 1. The van der Waals surface area contributed by atoms with E-state index in [4.69, 9.17) is 4.74 Å². The third-order valence-corrected chi connectivity index (χ3v) is 5.10. The van der Waals surface area contributed by atoms with Gasteiger partial charge in [-0.2, -0.15) is 0 Å². The number of benzene rings is 1. The van der Waals surface area contributed by atoms with E-state index in [9.17, 15) is 19.5 Å². The van der Waals surface area contributed by atoms with E-state index in [1.54, 1.807) is 30.2 Å². The Bertz CT molecular complexity index is 736. The molecular formula is C19H25N3O5. The summed E-state index contributed by atoms with van der Waals surface area (Å²) in [4.78, 5) is 39.2. The van der Waals surface area contributed by atoms with E-state index in [1.165, 1.54) is 4.90 Å². The number of amides is 3. The van der Waals surface area contributed by atoms with Gasteiger partial charge in [0.15, 0.2) is 0 Å². The third kappa shape index (κ3) is 4.32. The Morgan fingerprint density at radius 3 is 2.74 bits per heavy atom. The van der Waals surface area contributed by atoms with Gasteiger partial charge in [0, 0.05) is 31.7 Å². The number of hydrogen-bond acceptors (Lipinski definition) is 4. The van der Waals surface area contributed by atoms with Crippen molar-refractivity contribution in [3.05, 3.63) is 18.2 Å². The third-order valence-electron chi connectivity index (χ3n) is 5.10. The number of likely N-dealkylation sites (tertiary alicyclic amines) is 1. The molecule has 27 heavy (non-hydrogen) atoms. The summed E-state index contributed by atoms with van der Waals surface area (Å²) in [5.41, 5.74) is 1.19. The first kappa shape index (κ1) is 19.0. The smallest absolute Gasteiger partial charge is 0.321 e. The fourth-order valence-electron chi connectivity index (χ4n) is 3.60. The van der Waals surface area contributed by atoms with Crippen molar-refractivity contribution >= 4 is 29.3 Å². The molecule has 0 spiro atoms. The van der Waals surface area contributed by atoms with Crippen LogP contribution in [0.1, 0.15) is 32.1 Å². The second kappa shape index (κ2) is 8.28. The molecule has 146 valence electrons. The molecule has 3 rings (SSSR count). The second-order valence-electron chi connectivity index (χ2n) is 6.94. The first-order valence-electron chi connectivity index (χ1n) is 9.26. The number of ether oxygens (including phenoxy) is 1. The Morgan fingerprint density at radius 2 is 2.04 bits per heavy atom. The zero-order chi connectivity index (χ0) is 19.4. The van der Waals surface area contributed by atoms with Gasteiger partial charge in [-0.3, -0.25) is 9.59 Å². The van der Waals surface area contributed by atoms with E-state index >= 15 is 0 Å². The Kier molecular flexibility index (Phi) is 5.83. The minimum Gasteiger partial charge on any atom is -0.495 e. The lowest BCUT2D eigenvalue weighted by Crippen LogP contribution is -2.44. The highest BCUT2D eigenvalue weighted by Gasteiger charge is 2.28. The molecule has 8 heteroatoms. The van der Waals surface area contributed by atoms with Crippen molar-refractivity contribution in [2.75, 3.05) is 37.0 Å². The lowest BCUT2D eigenvalue weighted by molar-refractivity contribution is -0.143. The molecule has 2 aliphatic heterocycles. The molecule has 2 aliphatic rings. The molecule has 0 saturated carbocycles. The van der Waals surface area contributed by atoms with Crippen LogP contribution in [0.3, 0.4) is 0 Å². The normalized spacial score (nSPS) is 20.3. The van der Waals surface area contributed by atoms with Crippen LogP contribution in [-0.4, -0.2) is 54.7 Å². The highest BCUT2D eigenvalue weighted by molar-refractivity contribution is 5.97. The maximum Gasteiger partial charge on any atom is 0.321 e. The number of anilines is 2. The van der Waals surface area contributed by atoms with Crippen molar-refractivity contribution in [1.29, 1.82) is 0 Å². The maximum atomic E-state index is 12.6. The summed E-state index contributed by atoms with van der Waals surface area (Å²) in [6.45, 7) is 1.36. The number of nitrogens with one attached hydrogen (secondary N) is 1. The van der Waals surface area contributed by atoms with Gasteiger partial charge in [0.2, 0.25) is 5.91 Å². The number of carbonyl (C=O) groups is 3. The van der Waals surface area contributed by atoms with Gasteiger partial charge in [-0.1, -0.05) is 0 Å². The summed E-state index contributed by atoms with van der Waals surface area (Å²) in [6, 6.07) is 4.84. The second-order valence-corrected chi connectivity index (χ2v) is 6.94. The van der Waals surface area contributed by atoms with E-state index in [0.29, 0.717) is 49.5 Å². The average Bonchev–Trinajstić information content (AvgIpc) is 2.68. The quantitative estimate of drug-likeness (QED) is 0.842. The van der Waals surface area contributed by atoms with Crippen LogP contribution in [0.5, 0.6) is 5.75 Å². The molecule has 2 saturated heterocycles. The topological polar surface area (TPSA) is 99.2 Å². The minimum atomic E-state index is -0.872. The number of hydrogen-bond donors (Lipinski definition) is 2. The SMILES string of the molecule is COc1ccc(NC(=O)N2CCCC(C(=O)O)C2)cc1N1CCCCC1=O. The highest BCUT2D eigenvalue weighted by Crippen LogP contribution is 2.33. The van der Waals surface area contributed by atoms with Gasteiger partial charge in [-0.05, 0) is 43.9 Å². The molecule has 1 aromatic carbocycles. The van der Waals surface area contributed by atoms with Crippen LogP contribution in [0.25, 0.3) is 0 Å². The molecule has 2 N–H and O–H groups in total. The fourth-order valence-corrected chi connectivity index (χ4v) is 3.60. The van der Waals surface area contributed by atoms with Gasteiger partial charge in [0.1, 0.15) is 5.75 Å². The number of piperidine rings is 2. The average molecular weight is 375 g/mol. The zero-order valence-electron chi connectivity index (χ0n) is 15.4. The Hall–Kier alpha value is -2.77. The zero-order valence-corrected chi connectivity index (χ0v) is 15.4. The summed E-state index contributed by atoms with van der Waals surface area (Å²) in [6.07, 6.45) is 3.57. The van der Waals surface area contributed by atoms with Crippen LogP contribution >= 0.6 is 0 Å². The lowest BCUT2D eigenvalue weighted by atomic mass is 9.99. The van der Waals surface area contributed by atoms with Crippen molar-refractivity contribution in [1.82, 2.24) is 4.90 Å². The van der Waals surface area contributed by atoms with E-state index in [1.807, 2.05) is 0 Å². The first-order chi connectivity index (χ1) is 13.0. The van der Waals surface area contributed by atoms with Gasteiger partial charge in [-0.15, -0.1) is 0 Å². The lowest BCUT2D eigenvalue weighted by Gasteiger charge is -2.31. The predicted octanol–water partition coefficient (Wildman–Crippen LogP) is 2.54. The molecule has 8 nitrogen and oxygen atoms in total. The van der Waals surface area contributed by atoms with Crippen molar-refractivity contribution in [2.45, 2.75) is 32.1 Å². The van der Waals surface area contributed by atoms with E-state index in [0.717, 1.165) is 12.8 Å². The van der Waals surface area contributed by atoms with E-state index in [-0.39, 0.29) is 18.5 Å². The van der Waals surface area contributed by atoms with Crippen molar-refractivity contribution in [2.24, 2.45) is 5.92 Å². The molecule has 0 aromatic heterocycles. The van der Waals surface area contributed by atoms with Gasteiger partial charge < -0.3 is 25.0 Å². The summed E-state index contributed by atoms with van der Waals surface area (Å²) in [7, 11) is 1.55. The highest BCUT2D eigenvalue weighted by atomic mass is 16.5. The molecule has 1 aromatic rings. The standard InChI is InChI=1S/C19H25N3O5/c1-27-16-8-7-14(11-15(16)22-10-3-2-6-17(22)23)20-19(26)21-9-4-5-13(12-21)18(24)25/h7-8,11,13H,2-6,9-10,12H2,1H3,(H,20,26)(H,24,25). The monoisotopic (exact) mass is 375 g/mol. The summed E-state index contributed by atoms with van der Waals surface area (Å²) >= 11 is 0. The molecule has 1 unspecified atom stereocenters. The van der Waals surface area contributed by atoms with Gasteiger partial charge in [0.25, 0.3) is 0 Å². The Morgan fingerprint density at radius 1 is 1.22 bits per heavy atom. The number of rotatable bonds is 4. The number of carboxylic acid groups (broad SMARTS) is 1. The van der Waals surface area contributed by atoms with Crippen molar-refractivity contribution in [3.8, 4) is 5.75 Å². The molecule has 0 aliphatic carbocycles. The van der Waals surface area contributed by atoms with Crippen molar-refractivity contribution < 1.29 is 24.2 Å². The van der Waals surface area contributed by atoms with E-state index < -0.39 is 11.9 Å². The summed E-state index contributed by atoms with van der Waals surface area (Å²) in [5, 5.41) is 12.0. The van der Waals surface area contributed by atoms with Crippen LogP contribution < -0.4 is 15.0 Å². The van der Waals surface area contributed by atoms with Gasteiger partial charge in [0.05, 0.1) is 18.7 Å². The van der Waals surface area contributed by atoms with Crippen LogP contribution in [0.2, 0.25) is 0 Å². The van der Waals surface area contributed by atoms with Gasteiger partial charge in [-0.25, -0.2) is 4.79 Å². The molecule has 0 radical (unpaired) electrons. The van der Waals surface area contributed by atoms with Crippen LogP contribution in [-0.2, 0) is 9.59 Å². The number of methoxy groups -OCH3 is 1. The number of carbonyl (C=O) groups excluding carboxylic acids is 2. The molecule has 0 bridgehead atoms. The van der Waals surface area contributed by atoms with Gasteiger partial charge >= 0.3 is 12.0 Å². The number of carboxylic acids is 1. The predicted molar refractivity (Wildman–Crippen MR) is 100 cm³/mol. The number of aliphatic carboxylic acids is 1. The largest absolute Gasteiger partial charge is 0.495 e. The summed E-state index contributed by atoms with van der Waals surface area (Å²) < 4.78 is 5.38. The number of nitrogens with zero attached hydrogens (tertiary/aromatic N) is 2. The molecular weight excluding hydrogens is 350 g/mol. The first-order valence-corrected chi connectivity index (χ1v) is 9.26. The molecule has 2 heterocycles.